The maximum absolute atomic E-state index is 12.2. The Morgan fingerprint density at radius 1 is 1.43 bits per heavy atom. The molecule has 0 bridgehead atoms. The zero-order valence-electron chi connectivity index (χ0n) is 13.5. The first kappa shape index (κ1) is 19.5. The number of nitrogens with zero attached hydrogens (tertiary/aromatic N) is 2. The Bertz CT molecular complexity index is 682. The fourth-order valence-electron chi connectivity index (χ4n) is 2.30. The number of anilines is 1. The number of aromatic nitrogens is 2. The van der Waals surface area contributed by atoms with Crippen molar-refractivity contribution >= 4 is 35.7 Å². The molecule has 0 fully saturated rings. The van der Waals surface area contributed by atoms with E-state index in [0.717, 1.165) is 17.8 Å². The van der Waals surface area contributed by atoms with Gasteiger partial charge < -0.3 is 11.1 Å². The Morgan fingerprint density at radius 2 is 2.13 bits per heavy atom. The Hall–Kier alpha value is -1.56. The van der Waals surface area contributed by atoms with Crippen LogP contribution in [0.15, 0.2) is 30.3 Å². The SMILES string of the molecule is CCCC(C)(N)C(=O)Nc1cc(C)n(-c2cccc(Cl)c2)n1.Cl. The van der Waals surface area contributed by atoms with Crippen LogP contribution < -0.4 is 11.1 Å². The minimum absolute atomic E-state index is 0. The zero-order chi connectivity index (χ0) is 16.3. The number of halogens is 2. The molecule has 7 heteroatoms. The number of hydrogen-bond donors (Lipinski definition) is 2. The van der Waals surface area contributed by atoms with Crippen molar-refractivity contribution in [3.05, 3.63) is 41.0 Å². The molecular weight excluding hydrogens is 335 g/mol. The molecule has 0 aliphatic carbocycles. The van der Waals surface area contributed by atoms with Crippen molar-refractivity contribution in [2.45, 2.75) is 39.2 Å². The highest BCUT2D eigenvalue weighted by Crippen LogP contribution is 2.19. The first-order chi connectivity index (χ1) is 10.3. The number of amides is 1. The van der Waals surface area contributed by atoms with Crippen molar-refractivity contribution in [1.29, 1.82) is 0 Å². The van der Waals surface area contributed by atoms with Gasteiger partial charge in [0, 0.05) is 16.8 Å². The minimum atomic E-state index is -0.900. The highest BCUT2D eigenvalue weighted by atomic mass is 35.5. The molecule has 1 unspecified atom stereocenters. The Kier molecular flexibility index (Phi) is 6.62. The molecule has 126 valence electrons. The van der Waals surface area contributed by atoms with E-state index in [9.17, 15) is 4.79 Å². The summed E-state index contributed by atoms with van der Waals surface area (Å²) in [6, 6.07) is 9.19. The first-order valence-electron chi connectivity index (χ1n) is 7.26. The van der Waals surface area contributed by atoms with Gasteiger partial charge in [-0.25, -0.2) is 4.68 Å². The molecule has 3 N–H and O–H groups in total. The fraction of sp³-hybridized carbons (Fsp3) is 0.375. The second kappa shape index (κ2) is 7.81. The van der Waals surface area contributed by atoms with Crippen LogP contribution in [-0.4, -0.2) is 21.2 Å². The topological polar surface area (TPSA) is 72.9 Å². The van der Waals surface area contributed by atoms with Crippen LogP contribution in [0.4, 0.5) is 5.82 Å². The molecule has 0 aliphatic heterocycles. The normalized spacial score (nSPS) is 13.1. The van der Waals surface area contributed by atoms with Crippen molar-refractivity contribution < 1.29 is 4.79 Å². The first-order valence-corrected chi connectivity index (χ1v) is 7.64. The van der Waals surface area contributed by atoms with Crippen molar-refractivity contribution in [2.24, 2.45) is 5.73 Å². The number of benzene rings is 1. The summed E-state index contributed by atoms with van der Waals surface area (Å²) >= 11 is 6.01. The lowest BCUT2D eigenvalue weighted by Crippen LogP contribution is -2.48. The van der Waals surface area contributed by atoms with E-state index in [2.05, 4.69) is 10.4 Å². The van der Waals surface area contributed by atoms with Gasteiger partial charge in [0.25, 0.3) is 0 Å². The van der Waals surface area contributed by atoms with E-state index in [0.29, 0.717) is 17.3 Å². The number of aryl methyl sites for hydroxylation is 1. The highest BCUT2D eigenvalue weighted by Gasteiger charge is 2.27. The van der Waals surface area contributed by atoms with Gasteiger partial charge in [-0.3, -0.25) is 4.79 Å². The summed E-state index contributed by atoms with van der Waals surface area (Å²) in [4.78, 5) is 12.2. The molecule has 2 rings (SSSR count). The van der Waals surface area contributed by atoms with Gasteiger partial charge in [-0.1, -0.05) is 31.0 Å². The molecule has 0 saturated heterocycles. The summed E-state index contributed by atoms with van der Waals surface area (Å²) in [5, 5.41) is 7.82. The van der Waals surface area contributed by atoms with Gasteiger partial charge in [0.1, 0.15) is 0 Å². The van der Waals surface area contributed by atoms with Gasteiger partial charge in [0.05, 0.1) is 11.2 Å². The van der Waals surface area contributed by atoms with E-state index in [1.54, 1.807) is 23.7 Å². The van der Waals surface area contributed by atoms with Crippen LogP contribution in [-0.2, 0) is 4.79 Å². The second-order valence-electron chi connectivity index (χ2n) is 5.68. The quantitative estimate of drug-likeness (QED) is 0.857. The van der Waals surface area contributed by atoms with Crippen LogP contribution in [0.3, 0.4) is 0 Å². The van der Waals surface area contributed by atoms with Gasteiger partial charge in [0.2, 0.25) is 5.91 Å². The summed E-state index contributed by atoms with van der Waals surface area (Å²) in [7, 11) is 0. The molecule has 0 aliphatic rings. The Morgan fingerprint density at radius 3 is 2.74 bits per heavy atom. The van der Waals surface area contributed by atoms with Crippen molar-refractivity contribution in [1.82, 2.24) is 9.78 Å². The van der Waals surface area contributed by atoms with E-state index in [4.69, 9.17) is 17.3 Å². The van der Waals surface area contributed by atoms with Gasteiger partial charge >= 0.3 is 0 Å². The molecule has 1 heterocycles. The predicted octanol–water partition coefficient (Wildman–Crippen LogP) is 3.71. The number of hydrogen-bond acceptors (Lipinski definition) is 3. The minimum Gasteiger partial charge on any atom is -0.318 e. The van der Waals surface area contributed by atoms with Crippen LogP contribution in [0.2, 0.25) is 5.02 Å². The third-order valence-electron chi connectivity index (χ3n) is 3.47. The average Bonchev–Trinajstić information content (AvgIpc) is 2.79. The number of nitrogens with two attached hydrogens (primary N) is 1. The van der Waals surface area contributed by atoms with E-state index in [-0.39, 0.29) is 18.3 Å². The molecule has 2 aromatic rings. The number of nitrogens with one attached hydrogen (secondary N) is 1. The molecule has 0 spiro atoms. The lowest BCUT2D eigenvalue weighted by atomic mass is 9.97. The third kappa shape index (κ3) is 4.70. The smallest absolute Gasteiger partial charge is 0.245 e. The van der Waals surface area contributed by atoms with E-state index in [1.165, 1.54) is 0 Å². The summed E-state index contributed by atoms with van der Waals surface area (Å²) in [6.07, 6.45) is 1.46. The molecule has 1 atom stereocenters. The third-order valence-corrected chi connectivity index (χ3v) is 3.70. The molecule has 0 saturated carbocycles. The molecule has 23 heavy (non-hydrogen) atoms. The Balaban J connectivity index is 0.00000264. The molecule has 1 aromatic heterocycles. The standard InChI is InChI=1S/C16H21ClN4O.ClH/c1-4-8-16(3,18)15(22)19-14-9-11(2)21(20-14)13-7-5-6-12(17)10-13;/h5-7,9-10H,4,8,18H2,1-3H3,(H,19,20,22);1H. The highest BCUT2D eigenvalue weighted by molar-refractivity contribution is 6.30. The zero-order valence-corrected chi connectivity index (χ0v) is 15.0. The largest absolute Gasteiger partial charge is 0.318 e. The van der Waals surface area contributed by atoms with Gasteiger partial charge in [-0.15, -0.1) is 17.5 Å². The van der Waals surface area contributed by atoms with Gasteiger partial charge in [0.15, 0.2) is 5.82 Å². The van der Waals surface area contributed by atoms with Crippen LogP contribution >= 0.6 is 24.0 Å². The maximum Gasteiger partial charge on any atom is 0.245 e. The summed E-state index contributed by atoms with van der Waals surface area (Å²) in [6.45, 7) is 5.64. The predicted molar refractivity (Wildman–Crippen MR) is 96.7 cm³/mol. The molecule has 1 amide bonds. The lowest BCUT2D eigenvalue weighted by Gasteiger charge is -2.21. The van der Waals surface area contributed by atoms with E-state index >= 15 is 0 Å². The number of carbonyl (C=O) groups is 1. The molecule has 5 nitrogen and oxygen atoms in total. The van der Waals surface area contributed by atoms with Crippen LogP contribution in [0.5, 0.6) is 0 Å². The number of rotatable bonds is 5. The monoisotopic (exact) mass is 356 g/mol. The van der Waals surface area contributed by atoms with Crippen LogP contribution in [0, 0.1) is 6.92 Å². The van der Waals surface area contributed by atoms with E-state index in [1.807, 2.05) is 32.0 Å². The van der Waals surface area contributed by atoms with Gasteiger partial charge in [-0.2, -0.15) is 0 Å². The summed E-state index contributed by atoms with van der Waals surface area (Å²) in [5.41, 5.74) is 6.87. The molecule has 0 radical (unpaired) electrons. The Labute approximate surface area is 147 Å². The maximum atomic E-state index is 12.2. The van der Waals surface area contributed by atoms with Crippen molar-refractivity contribution in [3.8, 4) is 5.69 Å². The second-order valence-corrected chi connectivity index (χ2v) is 6.12. The van der Waals surface area contributed by atoms with Crippen molar-refractivity contribution in [3.63, 3.8) is 0 Å². The fourth-order valence-corrected chi connectivity index (χ4v) is 2.48. The average molecular weight is 357 g/mol. The van der Waals surface area contributed by atoms with Crippen LogP contribution in [0.25, 0.3) is 5.69 Å². The van der Waals surface area contributed by atoms with Gasteiger partial charge in [-0.05, 0) is 38.5 Å². The number of carbonyl (C=O) groups excluding carboxylic acids is 1. The lowest BCUT2D eigenvalue weighted by molar-refractivity contribution is -0.120. The molecular formula is C16H22Cl2N4O. The summed E-state index contributed by atoms with van der Waals surface area (Å²) in [5.74, 6) is 0.250. The van der Waals surface area contributed by atoms with E-state index < -0.39 is 5.54 Å². The molecule has 1 aromatic carbocycles. The summed E-state index contributed by atoms with van der Waals surface area (Å²) < 4.78 is 1.73. The van der Waals surface area contributed by atoms with Crippen LogP contribution in [0.1, 0.15) is 32.4 Å². The van der Waals surface area contributed by atoms with Crippen molar-refractivity contribution in [2.75, 3.05) is 5.32 Å².